The standard InChI is InChI=1S/C33H24NO.C5H8O2.Ir/c1-22-8-6-9-23(2)33(22)26-16-14-25(15-17-26)31-20-29-19-30(34-21-32(29)35-31)28-13-7-12-27(18-28)24-10-4-3-5-11-24;1-4(6)3-5(2)7;/h3-12,14-21H,1-2H3;3,6H,1-2H3;/q-1;;/b;4-3-;. The van der Waals surface area contributed by atoms with E-state index in [-0.39, 0.29) is 31.6 Å². The minimum atomic E-state index is -0.125. The maximum Gasteiger partial charge on any atom is 0.155 e. The van der Waals surface area contributed by atoms with Gasteiger partial charge in [-0.05, 0) is 67.3 Å². The fourth-order valence-electron chi connectivity index (χ4n) is 5.02. The van der Waals surface area contributed by atoms with Crippen molar-refractivity contribution in [2.45, 2.75) is 27.7 Å². The normalized spacial score (nSPS) is 10.9. The van der Waals surface area contributed by atoms with E-state index in [1.165, 1.54) is 47.7 Å². The number of hydrogen-bond donors (Lipinski definition) is 1. The Morgan fingerprint density at radius 3 is 2.09 bits per heavy atom. The number of furan rings is 1. The molecule has 0 saturated heterocycles. The predicted molar refractivity (Wildman–Crippen MR) is 171 cm³/mol. The van der Waals surface area contributed by atoms with Gasteiger partial charge in [0.15, 0.2) is 11.4 Å². The van der Waals surface area contributed by atoms with Crippen LogP contribution in [-0.2, 0) is 24.9 Å². The number of allylic oxidation sites excluding steroid dienone is 2. The molecule has 0 amide bonds. The fourth-order valence-corrected chi connectivity index (χ4v) is 5.02. The predicted octanol–water partition coefficient (Wildman–Crippen LogP) is 9.95. The van der Waals surface area contributed by atoms with Gasteiger partial charge in [-0.25, -0.2) is 0 Å². The summed E-state index contributed by atoms with van der Waals surface area (Å²) in [6.45, 7) is 7.17. The molecule has 2 heterocycles. The summed E-state index contributed by atoms with van der Waals surface area (Å²) in [6.07, 6.45) is 2.97. The van der Waals surface area contributed by atoms with E-state index in [2.05, 4.69) is 116 Å². The Kier molecular flexibility index (Phi) is 10.3. The van der Waals surface area contributed by atoms with Crippen molar-refractivity contribution in [2.75, 3.05) is 0 Å². The Balaban J connectivity index is 0.000000475. The summed E-state index contributed by atoms with van der Waals surface area (Å²) in [5.41, 5.74) is 11.1. The van der Waals surface area contributed by atoms with Crippen LogP contribution in [-0.4, -0.2) is 15.9 Å². The van der Waals surface area contributed by atoms with Gasteiger partial charge in [0.05, 0.1) is 12.0 Å². The summed E-state index contributed by atoms with van der Waals surface area (Å²) in [5, 5.41) is 9.39. The second-order valence-corrected chi connectivity index (χ2v) is 10.3. The molecule has 1 radical (unpaired) electrons. The number of carbonyl (C=O) groups is 1. The van der Waals surface area contributed by atoms with Gasteiger partial charge in [0.2, 0.25) is 0 Å². The number of rotatable bonds is 5. The van der Waals surface area contributed by atoms with Crippen molar-refractivity contribution in [1.29, 1.82) is 0 Å². The number of carbonyl (C=O) groups excluding carboxylic acids is 1. The van der Waals surface area contributed by atoms with Crippen molar-refractivity contribution < 1.29 is 34.4 Å². The molecule has 0 saturated carbocycles. The Hall–Kier alpha value is -4.57. The molecule has 217 valence electrons. The zero-order valence-electron chi connectivity index (χ0n) is 24.5. The van der Waals surface area contributed by atoms with E-state index in [4.69, 9.17) is 9.52 Å². The molecule has 0 aliphatic carbocycles. The van der Waals surface area contributed by atoms with Crippen molar-refractivity contribution in [2.24, 2.45) is 0 Å². The number of aliphatic hydroxyl groups excluding tert-OH is 1. The molecule has 0 bridgehead atoms. The van der Waals surface area contributed by atoms with Gasteiger partial charge >= 0.3 is 0 Å². The monoisotopic (exact) mass is 743 g/mol. The summed E-state index contributed by atoms with van der Waals surface area (Å²) in [5.74, 6) is 0.779. The number of benzene rings is 4. The topological polar surface area (TPSA) is 63.3 Å². The number of ketones is 1. The Morgan fingerprint density at radius 1 is 0.791 bits per heavy atom. The first-order valence-electron chi connectivity index (χ1n) is 13.8. The van der Waals surface area contributed by atoms with Gasteiger partial charge in [0.1, 0.15) is 5.76 Å². The van der Waals surface area contributed by atoms with Crippen LogP contribution in [0.5, 0.6) is 0 Å². The first kappa shape index (κ1) is 31.4. The molecule has 0 aliphatic heterocycles. The third-order valence-electron chi connectivity index (χ3n) is 6.94. The van der Waals surface area contributed by atoms with Gasteiger partial charge < -0.3 is 14.5 Å². The first-order chi connectivity index (χ1) is 20.3. The van der Waals surface area contributed by atoms with Gasteiger partial charge in [0, 0.05) is 37.1 Å². The Bertz CT molecular complexity index is 1860. The zero-order valence-corrected chi connectivity index (χ0v) is 26.9. The van der Waals surface area contributed by atoms with Crippen LogP contribution in [0.1, 0.15) is 25.0 Å². The average molecular weight is 743 g/mol. The smallest absolute Gasteiger partial charge is 0.155 e. The largest absolute Gasteiger partial charge is 0.512 e. The van der Waals surface area contributed by atoms with Gasteiger partial charge in [-0.15, -0.1) is 35.4 Å². The molecule has 4 nitrogen and oxygen atoms in total. The number of fused-ring (bicyclic) bond motifs is 1. The number of hydrogen-bond acceptors (Lipinski definition) is 4. The van der Waals surface area contributed by atoms with Crippen LogP contribution in [0.25, 0.3) is 55.8 Å². The minimum absolute atomic E-state index is 0. The average Bonchev–Trinajstić information content (AvgIpc) is 3.41. The molecule has 43 heavy (non-hydrogen) atoms. The number of nitrogens with zero attached hydrogens (tertiary/aromatic N) is 1. The molecule has 5 heteroatoms. The van der Waals surface area contributed by atoms with E-state index in [1.54, 1.807) is 0 Å². The maximum absolute atomic E-state index is 10.0. The van der Waals surface area contributed by atoms with Gasteiger partial charge in [-0.1, -0.05) is 78.9 Å². The molecule has 0 spiro atoms. The summed E-state index contributed by atoms with van der Waals surface area (Å²) < 4.78 is 6.16. The Labute approximate surface area is 266 Å². The van der Waals surface area contributed by atoms with Crippen LogP contribution in [0.4, 0.5) is 0 Å². The SMILES string of the molecule is CC(=O)/C=C(/C)O.Cc1cccc(C)c1-c1ccc(-c2cc3cc(-c4[c-]ccc(-c5ccccc5)c4)ncc3o2)cc1.[Ir]. The number of pyridine rings is 1. The molecule has 6 aromatic rings. The van der Waals surface area contributed by atoms with E-state index in [0.717, 1.165) is 39.1 Å². The van der Waals surface area contributed by atoms with Crippen molar-refractivity contribution in [3.63, 3.8) is 0 Å². The second-order valence-electron chi connectivity index (χ2n) is 10.3. The quantitative estimate of drug-likeness (QED) is 0.109. The molecule has 0 atom stereocenters. The molecule has 6 rings (SSSR count). The van der Waals surface area contributed by atoms with Crippen molar-refractivity contribution >= 4 is 16.8 Å². The number of aliphatic hydroxyl groups is 1. The molecule has 0 aliphatic rings. The summed E-state index contributed by atoms with van der Waals surface area (Å²) in [6, 6.07) is 39.1. The second kappa shape index (κ2) is 14.1. The summed E-state index contributed by atoms with van der Waals surface area (Å²) in [4.78, 5) is 14.7. The summed E-state index contributed by atoms with van der Waals surface area (Å²) in [7, 11) is 0. The van der Waals surface area contributed by atoms with E-state index in [9.17, 15) is 4.79 Å². The van der Waals surface area contributed by atoms with Crippen LogP contribution in [0, 0.1) is 19.9 Å². The van der Waals surface area contributed by atoms with E-state index >= 15 is 0 Å². The van der Waals surface area contributed by atoms with Gasteiger partial charge in [-0.2, -0.15) is 0 Å². The van der Waals surface area contributed by atoms with Crippen LogP contribution >= 0.6 is 0 Å². The van der Waals surface area contributed by atoms with Gasteiger partial charge in [-0.3, -0.25) is 4.79 Å². The van der Waals surface area contributed by atoms with E-state index in [1.807, 2.05) is 18.3 Å². The zero-order chi connectivity index (χ0) is 29.6. The molecule has 4 aromatic carbocycles. The third-order valence-corrected chi connectivity index (χ3v) is 6.94. The van der Waals surface area contributed by atoms with Crippen LogP contribution in [0.15, 0.2) is 126 Å². The number of aryl methyl sites for hydroxylation is 2. The van der Waals surface area contributed by atoms with Gasteiger partial charge in [0.25, 0.3) is 0 Å². The molecule has 2 aromatic heterocycles. The molecule has 1 N–H and O–H groups in total. The first-order valence-corrected chi connectivity index (χ1v) is 13.8. The third kappa shape index (κ3) is 7.64. The van der Waals surface area contributed by atoms with E-state index < -0.39 is 0 Å². The van der Waals surface area contributed by atoms with E-state index in [0.29, 0.717) is 0 Å². The maximum atomic E-state index is 10.0. The van der Waals surface area contributed by atoms with Crippen molar-refractivity contribution in [1.82, 2.24) is 4.98 Å². The molecule has 0 fully saturated rings. The summed E-state index contributed by atoms with van der Waals surface area (Å²) >= 11 is 0. The molecular formula is C38H32IrNO3-. The van der Waals surface area contributed by atoms with Crippen LogP contribution in [0.2, 0.25) is 0 Å². The molecule has 0 unspecified atom stereocenters. The van der Waals surface area contributed by atoms with Crippen LogP contribution < -0.4 is 0 Å². The van der Waals surface area contributed by atoms with Crippen molar-refractivity contribution in [3.8, 4) is 44.8 Å². The fraction of sp³-hybridized carbons (Fsp3) is 0.105. The van der Waals surface area contributed by atoms with Crippen LogP contribution in [0.3, 0.4) is 0 Å². The van der Waals surface area contributed by atoms with Crippen molar-refractivity contribution in [3.05, 3.63) is 138 Å². The number of aromatic nitrogens is 1. The minimum Gasteiger partial charge on any atom is -0.512 e. The molecular weight excluding hydrogens is 711 g/mol. The Morgan fingerprint density at radius 2 is 1.47 bits per heavy atom.